The highest BCUT2D eigenvalue weighted by Gasteiger charge is 2.21. The third kappa shape index (κ3) is 7.12. The number of hydrogen-bond donors (Lipinski definition) is 0. The first-order chi connectivity index (χ1) is 8.36. The van der Waals surface area contributed by atoms with E-state index in [1.54, 1.807) is 11.1 Å². The molecular weight excluding hydrogens is 260 g/mol. The first kappa shape index (κ1) is 16.7. The van der Waals surface area contributed by atoms with Gasteiger partial charge in [0, 0.05) is 21.6 Å². The molecule has 0 amide bonds. The third-order valence-electron chi connectivity index (χ3n) is 3.12. The summed E-state index contributed by atoms with van der Waals surface area (Å²) in [7, 11) is -2.08. The highest BCUT2D eigenvalue weighted by molar-refractivity contribution is 6.77. The van der Waals surface area contributed by atoms with Crippen molar-refractivity contribution >= 4 is 16.1 Å². The molecule has 0 aromatic rings. The second-order valence-electron chi connectivity index (χ2n) is 9.07. The second kappa shape index (κ2) is 5.57. The van der Waals surface area contributed by atoms with Crippen molar-refractivity contribution in [3.63, 3.8) is 0 Å². The van der Waals surface area contributed by atoms with Crippen LogP contribution >= 0.6 is 0 Å². The summed E-state index contributed by atoms with van der Waals surface area (Å²) in [6.45, 7) is 19.4. The topological polar surface area (TPSA) is 0 Å². The molecule has 0 N–H and O–H groups in total. The van der Waals surface area contributed by atoms with Gasteiger partial charge in [-0.3, -0.25) is 0 Å². The molecule has 19 heavy (non-hydrogen) atoms. The zero-order valence-electron chi connectivity index (χ0n) is 14.2. The minimum Gasteiger partial charge on any atom is -0.0748 e. The van der Waals surface area contributed by atoms with Gasteiger partial charge >= 0.3 is 0 Å². The van der Waals surface area contributed by atoms with Gasteiger partial charge in [0.2, 0.25) is 0 Å². The summed E-state index contributed by atoms with van der Waals surface area (Å²) in [6, 6.07) is 2.59. The highest BCUT2D eigenvalue weighted by atomic mass is 28.3. The fraction of sp³-hybridized carbons (Fsp3) is 0.647. The Morgan fingerprint density at radius 3 is 1.79 bits per heavy atom. The number of hydrogen-bond acceptors (Lipinski definition) is 0. The van der Waals surface area contributed by atoms with Crippen LogP contribution in [0.2, 0.25) is 51.4 Å². The molecule has 1 rings (SSSR count). The van der Waals surface area contributed by atoms with Gasteiger partial charge in [-0.1, -0.05) is 88.6 Å². The summed E-state index contributed by atoms with van der Waals surface area (Å²) >= 11 is 0. The van der Waals surface area contributed by atoms with Crippen LogP contribution in [0.25, 0.3) is 0 Å². The van der Waals surface area contributed by atoms with Crippen molar-refractivity contribution in [3.8, 4) is 0 Å². The molecular formula is C17H32Si2. The third-order valence-corrected chi connectivity index (χ3v) is 6.06. The highest BCUT2D eigenvalue weighted by Crippen LogP contribution is 2.32. The Hall–Kier alpha value is -0.346. The Kier molecular flexibility index (Phi) is 4.90. The van der Waals surface area contributed by atoms with Crippen LogP contribution in [0.1, 0.15) is 13.8 Å². The quantitative estimate of drug-likeness (QED) is 0.548. The van der Waals surface area contributed by atoms with Crippen LogP contribution in [0.3, 0.4) is 0 Å². The van der Waals surface area contributed by atoms with Crippen LogP contribution in [-0.2, 0) is 0 Å². The molecule has 0 nitrogen and oxygen atoms in total. The van der Waals surface area contributed by atoms with Crippen molar-refractivity contribution < 1.29 is 0 Å². The van der Waals surface area contributed by atoms with Crippen molar-refractivity contribution in [2.24, 2.45) is 5.41 Å². The molecule has 0 heterocycles. The molecule has 0 radical (unpaired) electrons. The summed E-state index contributed by atoms with van der Waals surface area (Å²) < 4.78 is 0. The van der Waals surface area contributed by atoms with Crippen LogP contribution in [-0.4, -0.2) is 16.1 Å². The Balaban J connectivity index is 3.04. The van der Waals surface area contributed by atoms with Crippen molar-refractivity contribution in [2.75, 3.05) is 0 Å². The summed E-state index contributed by atoms with van der Waals surface area (Å²) in [6.07, 6.45) is 9.74. The van der Waals surface area contributed by atoms with E-state index in [2.05, 4.69) is 77.4 Å². The van der Waals surface area contributed by atoms with E-state index < -0.39 is 16.1 Å². The molecule has 0 aromatic heterocycles. The lowest BCUT2D eigenvalue weighted by Crippen LogP contribution is -2.21. The fourth-order valence-electron chi connectivity index (χ4n) is 2.61. The maximum absolute atomic E-state index is 2.49. The first-order valence-electron chi connectivity index (χ1n) is 7.48. The van der Waals surface area contributed by atoms with Gasteiger partial charge in [0.15, 0.2) is 0 Å². The summed E-state index contributed by atoms with van der Waals surface area (Å²) in [4.78, 5) is 0. The van der Waals surface area contributed by atoms with Gasteiger partial charge < -0.3 is 0 Å². The Labute approximate surface area is 122 Å². The van der Waals surface area contributed by atoms with Crippen LogP contribution < -0.4 is 0 Å². The molecule has 108 valence electrons. The van der Waals surface area contributed by atoms with Gasteiger partial charge in [-0.15, -0.1) is 0 Å². The number of rotatable bonds is 4. The van der Waals surface area contributed by atoms with E-state index in [9.17, 15) is 0 Å². The minimum atomic E-state index is -1.05. The predicted molar refractivity (Wildman–Crippen MR) is 95.4 cm³/mol. The molecule has 1 aliphatic rings. The lowest BCUT2D eigenvalue weighted by Gasteiger charge is -2.20. The van der Waals surface area contributed by atoms with Crippen molar-refractivity contribution in [1.82, 2.24) is 0 Å². The maximum Gasteiger partial charge on any atom is 0.0487 e. The van der Waals surface area contributed by atoms with Crippen molar-refractivity contribution in [3.05, 3.63) is 35.5 Å². The lowest BCUT2D eigenvalue weighted by molar-refractivity contribution is 0.623. The maximum atomic E-state index is 2.49. The van der Waals surface area contributed by atoms with Gasteiger partial charge in [-0.05, 0) is 12.1 Å². The molecule has 0 aromatic carbocycles. The predicted octanol–water partition coefficient (Wildman–Crippen LogP) is 6.11. The minimum absolute atomic E-state index is 0.201. The summed E-state index contributed by atoms with van der Waals surface area (Å²) in [5.74, 6) is 0. The van der Waals surface area contributed by atoms with Crippen molar-refractivity contribution in [2.45, 2.75) is 65.2 Å². The van der Waals surface area contributed by atoms with E-state index in [4.69, 9.17) is 0 Å². The second-order valence-corrected chi connectivity index (χ2v) is 20.0. The molecule has 2 heteroatoms. The number of allylic oxidation sites excluding steroid dienone is 6. The molecule has 0 bridgehead atoms. The lowest BCUT2D eigenvalue weighted by atomic mass is 9.91. The zero-order chi connectivity index (χ0) is 14.9. The standard InChI is InChI=1S/C17H32Si2/c1-17(2)10-9-15(13-18(3,4)5)11-16(12-17)14-19(6,7)8/h9-12H,13-14H2,1-8H3. The Morgan fingerprint density at radius 1 is 0.842 bits per heavy atom. The normalized spacial score (nSPS) is 19.8. The Bertz CT molecular complexity index is 410. The van der Waals surface area contributed by atoms with Gasteiger partial charge in [0.25, 0.3) is 0 Å². The van der Waals surface area contributed by atoms with E-state index in [1.165, 1.54) is 12.1 Å². The SMILES string of the molecule is CC1(C)C=CC(C[Si](C)(C)C)=CC(C[Si](C)(C)C)=C1. The summed E-state index contributed by atoms with van der Waals surface area (Å²) in [5, 5.41) is 0. The van der Waals surface area contributed by atoms with E-state index >= 15 is 0 Å². The van der Waals surface area contributed by atoms with Gasteiger partial charge in [-0.25, -0.2) is 0 Å². The van der Waals surface area contributed by atoms with E-state index in [-0.39, 0.29) is 5.41 Å². The molecule has 0 atom stereocenters. The zero-order valence-corrected chi connectivity index (χ0v) is 16.2. The van der Waals surface area contributed by atoms with Crippen LogP contribution in [0.5, 0.6) is 0 Å². The molecule has 0 spiro atoms. The average molecular weight is 293 g/mol. The van der Waals surface area contributed by atoms with Gasteiger partial charge in [0.05, 0.1) is 0 Å². The molecule has 0 fully saturated rings. The van der Waals surface area contributed by atoms with Crippen molar-refractivity contribution in [1.29, 1.82) is 0 Å². The molecule has 0 unspecified atom stereocenters. The molecule has 0 saturated carbocycles. The molecule has 0 saturated heterocycles. The monoisotopic (exact) mass is 292 g/mol. The van der Waals surface area contributed by atoms with Gasteiger partial charge in [-0.2, -0.15) is 0 Å². The average Bonchev–Trinajstić information content (AvgIpc) is 2.18. The van der Waals surface area contributed by atoms with Crippen LogP contribution in [0.4, 0.5) is 0 Å². The smallest absolute Gasteiger partial charge is 0.0487 e. The summed E-state index contributed by atoms with van der Waals surface area (Å²) in [5.41, 5.74) is 3.32. The largest absolute Gasteiger partial charge is 0.0748 e. The van der Waals surface area contributed by atoms with Crippen LogP contribution in [0.15, 0.2) is 35.5 Å². The fourth-order valence-corrected chi connectivity index (χ4v) is 5.49. The van der Waals surface area contributed by atoms with E-state index in [0.29, 0.717) is 0 Å². The first-order valence-corrected chi connectivity index (χ1v) is 14.9. The molecule has 1 aliphatic carbocycles. The van der Waals surface area contributed by atoms with E-state index in [1.807, 2.05) is 0 Å². The Morgan fingerprint density at radius 2 is 1.32 bits per heavy atom. The van der Waals surface area contributed by atoms with Gasteiger partial charge in [0.1, 0.15) is 0 Å². The van der Waals surface area contributed by atoms with Crippen LogP contribution in [0, 0.1) is 5.41 Å². The van der Waals surface area contributed by atoms with E-state index in [0.717, 1.165) is 0 Å². The molecule has 0 aliphatic heterocycles.